The van der Waals surface area contributed by atoms with Crippen molar-refractivity contribution in [2.75, 3.05) is 5.32 Å². The molecule has 0 spiro atoms. The molecule has 0 radical (unpaired) electrons. The van der Waals surface area contributed by atoms with Crippen molar-refractivity contribution in [2.45, 2.75) is 38.1 Å². The third kappa shape index (κ3) is 2.97. The van der Waals surface area contributed by atoms with E-state index in [0.717, 1.165) is 18.9 Å². The van der Waals surface area contributed by atoms with Crippen LogP contribution in [0.2, 0.25) is 0 Å². The van der Waals surface area contributed by atoms with E-state index in [1.54, 1.807) is 0 Å². The molecule has 0 aromatic heterocycles. The van der Waals surface area contributed by atoms with Crippen molar-refractivity contribution in [1.82, 2.24) is 0 Å². The summed E-state index contributed by atoms with van der Waals surface area (Å²) in [5, 5.41) is 11.2. The number of hydrogen-bond donors (Lipinski definition) is 2. The van der Waals surface area contributed by atoms with Crippen molar-refractivity contribution in [2.24, 2.45) is 11.7 Å². The molecule has 0 saturated heterocycles. The fraction of sp³-hybridized carbons (Fsp3) is 0.467. The minimum Gasteiger partial charge on any atom is -0.322 e. The van der Waals surface area contributed by atoms with Crippen LogP contribution in [0.3, 0.4) is 0 Å². The number of anilines is 1. The summed E-state index contributed by atoms with van der Waals surface area (Å²) in [5.74, 6) is -0.581. The third-order valence-corrected chi connectivity index (χ3v) is 3.83. The number of nitrogens with two attached hydrogens (primary N) is 1. The molecule has 2 atom stereocenters. The molecule has 1 fully saturated rings. The van der Waals surface area contributed by atoms with E-state index < -0.39 is 11.4 Å². The molecule has 20 heavy (non-hydrogen) atoms. The second-order valence-electron chi connectivity index (χ2n) is 5.62. The first-order valence-electron chi connectivity index (χ1n) is 6.74. The van der Waals surface area contributed by atoms with Crippen LogP contribution >= 0.6 is 0 Å². The standard InChI is InChI=1S/C15H18FN3O/c1-10-3-2-6-15(18,8-10)14(20)19-13-5-4-11(9-17)7-12(13)16/h4-5,7,10H,2-3,6,8,18H2,1H3,(H,19,20). The number of carbonyl (C=O) groups excluding carboxylic acids is 1. The van der Waals surface area contributed by atoms with Crippen molar-refractivity contribution in [3.63, 3.8) is 0 Å². The summed E-state index contributed by atoms with van der Waals surface area (Å²) in [6, 6.07) is 5.80. The number of hydrogen-bond acceptors (Lipinski definition) is 3. The Bertz CT molecular complexity index is 567. The predicted molar refractivity (Wildman–Crippen MR) is 74.3 cm³/mol. The lowest BCUT2D eigenvalue weighted by Gasteiger charge is -2.35. The Morgan fingerprint density at radius 2 is 2.35 bits per heavy atom. The van der Waals surface area contributed by atoms with Gasteiger partial charge in [-0.15, -0.1) is 0 Å². The van der Waals surface area contributed by atoms with Crippen LogP contribution in [-0.4, -0.2) is 11.4 Å². The van der Waals surface area contributed by atoms with Gasteiger partial charge in [0.2, 0.25) is 5.91 Å². The van der Waals surface area contributed by atoms with E-state index >= 15 is 0 Å². The fourth-order valence-electron chi connectivity index (χ4n) is 2.73. The third-order valence-electron chi connectivity index (χ3n) is 3.83. The highest BCUT2D eigenvalue weighted by molar-refractivity contribution is 5.98. The zero-order valence-corrected chi connectivity index (χ0v) is 11.4. The van der Waals surface area contributed by atoms with Gasteiger partial charge in [-0.05, 0) is 37.0 Å². The summed E-state index contributed by atoms with van der Waals surface area (Å²) in [6.45, 7) is 2.07. The molecule has 0 aliphatic heterocycles. The zero-order chi connectivity index (χ0) is 14.8. The molecule has 2 rings (SSSR count). The minimum atomic E-state index is -0.933. The van der Waals surface area contributed by atoms with Crippen LogP contribution in [0.25, 0.3) is 0 Å². The van der Waals surface area contributed by atoms with E-state index in [1.165, 1.54) is 12.1 Å². The lowest BCUT2D eigenvalue weighted by Crippen LogP contribution is -2.53. The van der Waals surface area contributed by atoms with Crippen molar-refractivity contribution < 1.29 is 9.18 Å². The first-order chi connectivity index (χ1) is 9.44. The van der Waals surface area contributed by atoms with Gasteiger partial charge < -0.3 is 11.1 Å². The van der Waals surface area contributed by atoms with E-state index in [2.05, 4.69) is 12.2 Å². The topological polar surface area (TPSA) is 78.9 Å². The normalized spacial score (nSPS) is 25.8. The molecule has 1 saturated carbocycles. The number of nitrogens with zero attached hydrogens (tertiary/aromatic N) is 1. The van der Waals surface area contributed by atoms with Crippen LogP contribution in [0.4, 0.5) is 10.1 Å². The highest BCUT2D eigenvalue weighted by Crippen LogP contribution is 2.31. The van der Waals surface area contributed by atoms with Crippen LogP contribution in [0.1, 0.15) is 38.2 Å². The summed E-state index contributed by atoms with van der Waals surface area (Å²) in [5.41, 5.74) is 5.51. The molecule has 1 aromatic rings. The lowest BCUT2D eigenvalue weighted by molar-refractivity contribution is -0.122. The van der Waals surface area contributed by atoms with Crippen LogP contribution in [-0.2, 0) is 4.79 Å². The van der Waals surface area contributed by atoms with E-state index in [1.807, 2.05) is 6.07 Å². The highest BCUT2D eigenvalue weighted by Gasteiger charge is 2.38. The summed E-state index contributed by atoms with van der Waals surface area (Å²) in [4.78, 5) is 12.3. The first kappa shape index (κ1) is 14.5. The van der Waals surface area contributed by atoms with Crippen LogP contribution < -0.4 is 11.1 Å². The van der Waals surface area contributed by atoms with Gasteiger partial charge in [-0.1, -0.05) is 19.8 Å². The molecule has 2 unspecified atom stereocenters. The van der Waals surface area contributed by atoms with Crippen molar-refractivity contribution in [3.8, 4) is 6.07 Å². The molecule has 5 heteroatoms. The van der Waals surface area contributed by atoms with Crippen LogP contribution in [0.5, 0.6) is 0 Å². The number of nitrogens with one attached hydrogen (secondary N) is 1. The van der Waals surface area contributed by atoms with Gasteiger partial charge in [0, 0.05) is 0 Å². The lowest BCUT2D eigenvalue weighted by atomic mass is 9.76. The summed E-state index contributed by atoms with van der Waals surface area (Å²) in [6.07, 6.45) is 3.19. The van der Waals surface area contributed by atoms with Gasteiger partial charge in [-0.3, -0.25) is 4.79 Å². The van der Waals surface area contributed by atoms with Gasteiger partial charge in [-0.25, -0.2) is 4.39 Å². The average molecular weight is 275 g/mol. The van der Waals surface area contributed by atoms with E-state index in [9.17, 15) is 9.18 Å². The number of halogens is 1. The molecule has 1 amide bonds. The van der Waals surface area contributed by atoms with Gasteiger partial charge in [0.15, 0.2) is 0 Å². The molecule has 1 aliphatic carbocycles. The maximum absolute atomic E-state index is 13.8. The average Bonchev–Trinajstić information content (AvgIpc) is 2.40. The Labute approximate surface area is 117 Å². The Morgan fingerprint density at radius 3 is 2.95 bits per heavy atom. The number of rotatable bonds is 2. The largest absolute Gasteiger partial charge is 0.322 e. The molecule has 0 bridgehead atoms. The van der Waals surface area contributed by atoms with E-state index in [0.29, 0.717) is 18.8 Å². The Balaban J connectivity index is 2.13. The Hall–Kier alpha value is -1.93. The van der Waals surface area contributed by atoms with Crippen molar-refractivity contribution in [3.05, 3.63) is 29.6 Å². The summed E-state index contributed by atoms with van der Waals surface area (Å²) >= 11 is 0. The number of amides is 1. The van der Waals surface area contributed by atoms with Crippen LogP contribution in [0.15, 0.2) is 18.2 Å². The van der Waals surface area contributed by atoms with Gasteiger partial charge in [0.25, 0.3) is 0 Å². The molecular weight excluding hydrogens is 257 g/mol. The summed E-state index contributed by atoms with van der Waals surface area (Å²) in [7, 11) is 0. The van der Waals surface area contributed by atoms with Gasteiger partial charge in [0.1, 0.15) is 5.82 Å². The highest BCUT2D eigenvalue weighted by atomic mass is 19.1. The second kappa shape index (κ2) is 5.59. The number of benzene rings is 1. The van der Waals surface area contributed by atoms with E-state index in [-0.39, 0.29) is 17.2 Å². The molecule has 1 aliphatic rings. The molecule has 1 aromatic carbocycles. The quantitative estimate of drug-likeness (QED) is 0.870. The van der Waals surface area contributed by atoms with E-state index in [4.69, 9.17) is 11.0 Å². The maximum atomic E-state index is 13.8. The molecule has 4 nitrogen and oxygen atoms in total. The zero-order valence-electron chi connectivity index (χ0n) is 11.4. The minimum absolute atomic E-state index is 0.0667. The predicted octanol–water partition coefficient (Wildman–Crippen LogP) is 2.54. The Morgan fingerprint density at radius 1 is 1.60 bits per heavy atom. The maximum Gasteiger partial charge on any atom is 0.244 e. The number of carbonyl (C=O) groups is 1. The SMILES string of the molecule is CC1CCCC(N)(C(=O)Nc2ccc(C#N)cc2F)C1. The molecular formula is C15H18FN3O. The fourth-order valence-corrected chi connectivity index (χ4v) is 2.73. The van der Waals surface area contributed by atoms with Gasteiger partial charge >= 0.3 is 0 Å². The summed E-state index contributed by atoms with van der Waals surface area (Å²) < 4.78 is 13.8. The Kier molecular flexibility index (Phi) is 4.05. The smallest absolute Gasteiger partial charge is 0.244 e. The van der Waals surface area contributed by atoms with Crippen molar-refractivity contribution in [1.29, 1.82) is 5.26 Å². The molecule has 3 N–H and O–H groups in total. The number of nitriles is 1. The van der Waals surface area contributed by atoms with Crippen LogP contribution in [0, 0.1) is 23.1 Å². The van der Waals surface area contributed by atoms with Crippen molar-refractivity contribution >= 4 is 11.6 Å². The van der Waals surface area contributed by atoms with Gasteiger partial charge in [0.05, 0.1) is 22.9 Å². The monoisotopic (exact) mass is 275 g/mol. The molecule has 0 heterocycles. The van der Waals surface area contributed by atoms with Gasteiger partial charge in [-0.2, -0.15) is 5.26 Å². The molecule has 106 valence electrons. The first-order valence-corrected chi connectivity index (χ1v) is 6.74. The second-order valence-corrected chi connectivity index (χ2v) is 5.62.